The molecular formula is C25H32BrN5O2. The highest BCUT2D eigenvalue weighted by molar-refractivity contribution is 9.10. The van der Waals surface area contributed by atoms with Crippen molar-refractivity contribution in [3.05, 3.63) is 46.4 Å². The molecule has 3 N–H and O–H groups in total. The Bertz CT molecular complexity index is 1100. The van der Waals surface area contributed by atoms with Crippen LogP contribution in [0.3, 0.4) is 0 Å². The predicted octanol–water partition coefficient (Wildman–Crippen LogP) is 4.93. The highest BCUT2D eigenvalue weighted by Gasteiger charge is 2.22. The van der Waals surface area contributed by atoms with Gasteiger partial charge in [0.2, 0.25) is 5.95 Å². The molecule has 1 aliphatic carbocycles. The van der Waals surface area contributed by atoms with Crippen molar-refractivity contribution >= 4 is 38.6 Å². The molecule has 2 aromatic carbocycles. The standard InChI is InChI=1S/C25H32BrN5O2/c1-31(2)24-19-6-4-5-7-21(19)29-25(30-24)28-18-10-8-16(9-11-18)14-27-15-17-12-20(26)23(32)22(13-17)33-3/h4-7,12-13,16,18,27,32H,8-11,14-15H2,1-3H3,(H,28,29,30). The Balaban J connectivity index is 1.29. The molecule has 1 aromatic heterocycles. The number of hydrogen-bond donors (Lipinski definition) is 3. The van der Waals surface area contributed by atoms with Crippen molar-refractivity contribution in [2.24, 2.45) is 5.92 Å². The lowest BCUT2D eigenvalue weighted by Crippen LogP contribution is -2.31. The Hall–Kier alpha value is -2.58. The first-order valence-corrected chi connectivity index (χ1v) is 12.2. The molecule has 0 radical (unpaired) electrons. The van der Waals surface area contributed by atoms with Crippen LogP contribution in [0.2, 0.25) is 0 Å². The van der Waals surface area contributed by atoms with E-state index in [9.17, 15) is 5.11 Å². The van der Waals surface area contributed by atoms with E-state index in [0.29, 0.717) is 28.1 Å². The third-order valence-corrected chi connectivity index (χ3v) is 6.86. The molecule has 0 spiro atoms. The first-order chi connectivity index (χ1) is 15.9. The van der Waals surface area contributed by atoms with Gasteiger partial charge in [-0.05, 0) is 83.9 Å². The Morgan fingerprint density at radius 1 is 1.12 bits per heavy atom. The molecule has 1 aliphatic rings. The average molecular weight is 514 g/mol. The van der Waals surface area contributed by atoms with Crippen molar-refractivity contribution in [1.82, 2.24) is 15.3 Å². The summed E-state index contributed by atoms with van der Waals surface area (Å²) in [6.07, 6.45) is 4.56. The zero-order chi connectivity index (χ0) is 23.4. The summed E-state index contributed by atoms with van der Waals surface area (Å²) in [5, 5.41) is 18.2. The molecule has 0 aliphatic heterocycles. The number of anilines is 2. The number of aromatic hydroxyl groups is 1. The van der Waals surface area contributed by atoms with Gasteiger partial charge in [-0.25, -0.2) is 4.98 Å². The van der Waals surface area contributed by atoms with E-state index in [1.54, 1.807) is 7.11 Å². The van der Waals surface area contributed by atoms with E-state index in [4.69, 9.17) is 14.7 Å². The molecule has 0 amide bonds. The summed E-state index contributed by atoms with van der Waals surface area (Å²) in [7, 11) is 5.60. The van der Waals surface area contributed by atoms with Crippen LogP contribution in [0.15, 0.2) is 40.9 Å². The third-order valence-electron chi connectivity index (χ3n) is 6.26. The second-order valence-corrected chi connectivity index (χ2v) is 9.76. The summed E-state index contributed by atoms with van der Waals surface area (Å²) in [5.41, 5.74) is 2.05. The van der Waals surface area contributed by atoms with Gasteiger partial charge in [-0.1, -0.05) is 12.1 Å². The molecular weight excluding hydrogens is 482 g/mol. The summed E-state index contributed by atoms with van der Waals surface area (Å²) in [4.78, 5) is 11.6. The van der Waals surface area contributed by atoms with Crippen LogP contribution < -0.4 is 20.3 Å². The number of phenolic OH excluding ortho intramolecular Hbond substituents is 1. The summed E-state index contributed by atoms with van der Waals surface area (Å²) in [6, 6.07) is 12.4. The van der Waals surface area contributed by atoms with Crippen molar-refractivity contribution in [3.63, 3.8) is 0 Å². The molecule has 0 unspecified atom stereocenters. The van der Waals surface area contributed by atoms with E-state index in [2.05, 4.69) is 32.6 Å². The highest BCUT2D eigenvalue weighted by atomic mass is 79.9. The summed E-state index contributed by atoms with van der Waals surface area (Å²) < 4.78 is 5.89. The number of halogens is 1. The monoisotopic (exact) mass is 513 g/mol. The van der Waals surface area contributed by atoms with Gasteiger partial charge in [-0.15, -0.1) is 0 Å². The average Bonchev–Trinajstić information content (AvgIpc) is 2.81. The van der Waals surface area contributed by atoms with Crippen LogP contribution in [-0.4, -0.2) is 48.9 Å². The van der Waals surface area contributed by atoms with Gasteiger partial charge in [0.05, 0.1) is 17.1 Å². The maximum atomic E-state index is 9.97. The van der Waals surface area contributed by atoms with Crippen molar-refractivity contribution < 1.29 is 9.84 Å². The Morgan fingerprint density at radius 3 is 2.61 bits per heavy atom. The number of nitrogens with one attached hydrogen (secondary N) is 2. The van der Waals surface area contributed by atoms with Gasteiger partial charge in [0.25, 0.3) is 0 Å². The van der Waals surface area contributed by atoms with Crippen LogP contribution in [-0.2, 0) is 6.54 Å². The minimum atomic E-state index is 0.139. The van der Waals surface area contributed by atoms with Crippen LogP contribution >= 0.6 is 15.9 Å². The lowest BCUT2D eigenvalue weighted by molar-refractivity contribution is 0.323. The number of phenols is 1. The molecule has 4 rings (SSSR count). The molecule has 176 valence electrons. The largest absolute Gasteiger partial charge is 0.503 e. The minimum absolute atomic E-state index is 0.139. The number of benzene rings is 2. The molecule has 0 saturated heterocycles. The van der Waals surface area contributed by atoms with Gasteiger partial charge in [0, 0.05) is 32.1 Å². The van der Waals surface area contributed by atoms with E-state index in [-0.39, 0.29) is 5.75 Å². The van der Waals surface area contributed by atoms with Gasteiger partial charge < -0.3 is 25.4 Å². The quantitative estimate of drug-likeness (QED) is 0.393. The molecule has 3 aromatic rings. The van der Waals surface area contributed by atoms with E-state index in [1.807, 2.05) is 49.3 Å². The first kappa shape index (κ1) is 23.6. The fraction of sp³-hybridized carbons (Fsp3) is 0.440. The van der Waals surface area contributed by atoms with Crippen molar-refractivity contribution in [2.75, 3.05) is 38.0 Å². The molecule has 1 fully saturated rings. The zero-order valence-electron chi connectivity index (χ0n) is 19.4. The molecule has 1 saturated carbocycles. The molecule has 8 heteroatoms. The number of methoxy groups -OCH3 is 1. The van der Waals surface area contributed by atoms with Crippen LogP contribution in [0, 0.1) is 5.92 Å². The van der Waals surface area contributed by atoms with Gasteiger partial charge in [0.15, 0.2) is 11.5 Å². The van der Waals surface area contributed by atoms with E-state index in [0.717, 1.165) is 48.2 Å². The SMILES string of the molecule is COc1cc(CNCC2CCC(Nc3nc(N(C)C)c4ccccc4n3)CC2)cc(Br)c1O. The maximum absolute atomic E-state index is 9.97. The maximum Gasteiger partial charge on any atom is 0.225 e. The second-order valence-electron chi connectivity index (χ2n) is 8.90. The highest BCUT2D eigenvalue weighted by Crippen LogP contribution is 2.35. The van der Waals surface area contributed by atoms with Gasteiger partial charge in [-0.2, -0.15) is 4.98 Å². The Labute approximate surface area is 203 Å². The van der Waals surface area contributed by atoms with Crippen LogP contribution in [0.25, 0.3) is 10.9 Å². The normalized spacial score (nSPS) is 18.3. The number of rotatable bonds is 8. The molecule has 0 atom stereocenters. The number of aromatic nitrogens is 2. The predicted molar refractivity (Wildman–Crippen MR) is 137 cm³/mol. The minimum Gasteiger partial charge on any atom is -0.503 e. The molecule has 33 heavy (non-hydrogen) atoms. The van der Waals surface area contributed by atoms with E-state index >= 15 is 0 Å². The zero-order valence-corrected chi connectivity index (χ0v) is 21.0. The summed E-state index contributed by atoms with van der Waals surface area (Å²) >= 11 is 3.39. The number of nitrogens with zero attached hydrogens (tertiary/aromatic N) is 3. The number of para-hydroxylation sites is 1. The number of hydrogen-bond acceptors (Lipinski definition) is 7. The van der Waals surface area contributed by atoms with Crippen LogP contribution in [0.4, 0.5) is 11.8 Å². The van der Waals surface area contributed by atoms with E-state index in [1.165, 1.54) is 12.8 Å². The van der Waals surface area contributed by atoms with Crippen molar-refractivity contribution in [2.45, 2.75) is 38.3 Å². The summed E-state index contributed by atoms with van der Waals surface area (Å²) in [5.74, 6) is 2.94. The van der Waals surface area contributed by atoms with Gasteiger partial charge >= 0.3 is 0 Å². The van der Waals surface area contributed by atoms with Crippen molar-refractivity contribution in [1.29, 1.82) is 0 Å². The van der Waals surface area contributed by atoms with Crippen LogP contribution in [0.1, 0.15) is 31.2 Å². The number of ether oxygens (including phenoxy) is 1. The first-order valence-electron chi connectivity index (χ1n) is 11.4. The topological polar surface area (TPSA) is 82.5 Å². The molecule has 7 nitrogen and oxygen atoms in total. The molecule has 0 bridgehead atoms. The fourth-order valence-corrected chi connectivity index (χ4v) is 4.95. The van der Waals surface area contributed by atoms with Gasteiger partial charge in [-0.3, -0.25) is 0 Å². The van der Waals surface area contributed by atoms with E-state index < -0.39 is 0 Å². The smallest absolute Gasteiger partial charge is 0.225 e. The fourth-order valence-electron chi connectivity index (χ4n) is 4.46. The number of fused-ring (bicyclic) bond motifs is 1. The van der Waals surface area contributed by atoms with Gasteiger partial charge in [0.1, 0.15) is 5.82 Å². The molecule has 1 heterocycles. The Kier molecular flexibility index (Phi) is 7.55. The summed E-state index contributed by atoms with van der Waals surface area (Å²) in [6.45, 7) is 1.72. The van der Waals surface area contributed by atoms with Crippen molar-refractivity contribution in [3.8, 4) is 11.5 Å². The lowest BCUT2D eigenvalue weighted by Gasteiger charge is -2.29. The van der Waals surface area contributed by atoms with Crippen LogP contribution in [0.5, 0.6) is 11.5 Å². The Morgan fingerprint density at radius 2 is 1.88 bits per heavy atom. The lowest BCUT2D eigenvalue weighted by atomic mass is 9.86. The third kappa shape index (κ3) is 5.68. The second kappa shape index (κ2) is 10.6.